The van der Waals surface area contributed by atoms with E-state index in [2.05, 4.69) is 218 Å². The third-order valence-corrected chi connectivity index (χ3v) is 12.4. The molecule has 4 nitrogen and oxygen atoms in total. The third kappa shape index (κ3) is 6.66. The van der Waals surface area contributed by atoms with Crippen molar-refractivity contribution in [1.29, 1.82) is 0 Å². The molecule has 0 amide bonds. The smallest absolute Gasteiger partial charge is 0.160 e. The van der Waals surface area contributed by atoms with E-state index < -0.39 is 6.17 Å². The Morgan fingerprint density at radius 1 is 0.381 bits per heavy atom. The lowest BCUT2D eigenvalue weighted by atomic mass is 9.92. The van der Waals surface area contributed by atoms with Crippen LogP contribution >= 0.6 is 0 Å². The molecule has 63 heavy (non-hydrogen) atoms. The summed E-state index contributed by atoms with van der Waals surface area (Å²) in [6.07, 6.45) is -0.420. The molecule has 0 spiro atoms. The second-order valence-corrected chi connectivity index (χ2v) is 16.2. The minimum atomic E-state index is -0.420. The van der Waals surface area contributed by atoms with Crippen LogP contribution in [0.5, 0.6) is 0 Å². The van der Waals surface area contributed by atoms with E-state index in [1.807, 2.05) is 12.1 Å². The first kappa shape index (κ1) is 36.5. The van der Waals surface area contributed by atoms with Crippen molar-refractivity contribution in [3.63, 3.8) is 0 Å². The molecule has 11 aromatic rings. The number of furan rings is 1. The van der Waals surface area contributed by atoms with Crippen LogP contribution in [0.3, 0.4) is 0 Å². The summed E-state index contributed by atoms with van der Waals surface area (Å²) in [5.74, 6) is 1.40. The molecule has 1 unspecified atom stereocenters. The molecule has 1 aliphatic heterocycles. The average Bonchev–Trinajstić information content (AvgIpc) is 3.75. The molecule has 0 fully saturated rings. The van der Waals surface area contributed by atoms with Crippen LogP contribution in [0.25, 0.3) is 88.0 Å². The predicted molar refractivity (Wildman–Crippen MR) is 262 cm³/mol. The van der Waals surface area contributed by atoms with Gasteiger partial charge in [0.2, 0.25) is 0 Å². The molecule has 0 saturated carbocycles. The van der Waals surface area contributed by atoms with Crippen LogP contribution in [0.15, 0.2) is 239 Å². The van der Waals surface area contributed by atoms with E-state index in [1.54, 1.807) is 0 Å². The van der Waals surface area contributed by atoms with Gasteiger partial charge in [0.25, 0.3) is 0 Å². The molecule has 0 saturated heterocycles. The Balaban J connectivity index is 1.03. The molecule has 0 radical (unpaired) electrons. The Morgan fingerprint density at radius 3 is 1.84 bits per heavy atom. The van der Waals surface area contributed by atoms with Gasteiger partial charge in [0.15, 0.2) is 5.84 Å². The molecule has 0 bridgehead atoms. The third-order valence-electron chi connectivity index (χ3n) is 12.4. The zero-order valence-corrected chi connectivity index (χ0v) is 34.2. The standard InChI is InChI=1S/C59H39N3O/c1-2-12-38(13-3-1)40-24-26-41(27-25-40)46-18-10-19-47(36-46)51-34-35-54-55(52-21-8-9-23-53(52)63-54)56(51)59-61-57(60-58(62-59)48-33-28-39-14-4-5-16-45(39)37-48)44-31-29-43(30-32-44)50-22-11-17-42-15-6-7-20-49(42)50/h1-37,57H,(H,60,61,62). The number of amidine groups is 2. The van der Waals surface area contributed by atoms with E-state index in [0.29, 0.717) is 5.84 Å². The van der Waals surface area contributed by atoms with Gasteiger partial charge in [0.1, 0.15) is 23.2 Å². The number of nitrogens with zero attached hydrogens (tertiary/aromatic N) is 2. The van der Waals surface area contributed by atoms with Gasteiger partial charge >= 0.3 is 0 Å². The van der Waals surface area contributed by atoms with Crippen molar-refractivity contribution in [1.82, 2.24) is 5.32 Å². The summed E-state index contributed by atoms with van der Waals surface area (Å²) in [4.78, 5) is 11.0. The Labute approximate surface area is 365 Å². The maximum Gasteiger partial charge on any atom is 0.160 e. The van der Waals surface area contributed by atoms with E-state index in [-0.39, 0.29) is 0 Å². The molecule has 2 heterocycles. The summed E-state index contributed by atoms with van der Waals surface area (Å²) in [7, 11) is 0. The normalized spacial score (nSPS) is 13.9. The lowest BCUT2D eigenvalue weighted by molar-refractivity contribution is 0.668. The topological polar surface area (TPSA) is 49.9 Å². The van der Waals surface area contributed by atoms with Crippen molar-refractivity contribution in [2.24, 2.45) is 9.98 Å². The molecule has 296 valence electrons. The fourth-order valence-corrected chi connectivity index (χ4v) is 9.18. The fraction of sp³-hybridized carbons (Fsp3) is 0.0169. The summed E-state index contributed by atoms with van der Waals surface area (Å²) in [6, 6.07) is 79.5. The van der Waals surface area contributed by atoms with E-state index in [0.717, 1.165) is 77.7 Å². The molecule has 1 N–H and O–H groups in total. The van der Waals surface area contributed by atoms with Crippen LogP contribution in [0.2, 0.25) is 0 Å². The molecule has 0 aliphatic carbocycles. The highest BCUT2D eigenvalue weighted by molar-refractivity contribution is 6.25. The van der Waals surface area contributed by atoms with Gasteiger partial charge in [-0.15, -0.1) is 0 Å². The molecule has 1 aliphatic rings. The maximum atomic E-state index is 6.55. The first-order valence-electron chi connectivity index (χ1n) is 21.4. The second kappa shape index (κ2) is 15.3. The highest BCUT2D eigenvalue weighted by Gasteiger charge is 2.27. The number of rotatable bonds is 7. The Bertz CT molecular complexity index is 3580. The van der Waals surface area contributed by atoms with E-state index in [9.17, 15) is 0 Å². The van der Waals surface area contributed by atoms with Crippen LogP contribution in [0.4, 0.5) is 0 Å². The van der Waals surface area contributed by atoms with Gasteiger partial charge < -0.3 is 9.73 Å². The van der Waals surface area contributed by atoms with Gasteiger partial charge in [-0.3, -0.25) is 0 Å². The molecule has 1 atom stereocenters. The van der Waals surface area contributed by atoms with Gasteiger partial charge in [-0.25, -0.2) is 9.98 Å². The van der Waals surface area contributed by atoms with Gasteiger partial charge in [-0.2, -0.15) is 0 Å². The van der Waals surface area contributed by atoms with Crippen LogP contribution < -0.4 is 5.32 Å². The number of hydrogen-bond acceptors (Lipinski definition) is 4. The van der Waals surface area contributed by atoms with Crippen molar-refractivity contribution < 1.29 is 4.42 Å². The number of para-hydroxylation sites is 1. The zero-order valence-electron chi connectivity index (χ0n) is 34.2. The highest BCUT2D eigenvalue weighted by atomic mass is 16.3. The number of hydrogen-bond donors (Lipinski definition) is 1. The fourth-order valence-electron chi connectivity index (χ4n) is 9.18. The number of nitrogens with one attached hydrogen (secondary N) is 1. The van der Waals surface area contributed by atoms with Crippen LogP contribution in [-0.2, 0) is 0 Å². The predicted octanol–water partition coefficient (Wildman–Crippen LogP) is 15.1. The van der Waals surface area contributed by atoms with Gasteiger partial charge in [0.05, 0.1) is 0 Å². The first-order valence-corrected chi connectivity index (χ1v) is 21.4. The SMILES string of the molecule is c1ccc(-c2ccc(-c3cccc(-c4ccc5oc6ccccc6c5c4C4=NC(c5ccc(-c6cccc7ccccc67)cc5)NC(c5ccc6ccccc6c5)=N4)c3)cc2)cc1. The lowest BCUT2D eigenvalue weighted by Crippen LogP contribution is -2.33. The van der Waals surface area contributed by atoms with Crippen LogP contribution in [-0.4, -0.2) is 11.7 Å². The van der Waals surface area contributed by atoms with Crippen molar-refractivity contribution in [3.8, 4) is 44.5 Å². The van der Waals surface area contributed by atoms with Crippen molar-refractivity contribution in [2.75, 3.05) is 0 Å². The summed E-state index contributed by atoms with van der Waals surface area (Å²) in [5, 5.41) is 10.6. The number of fused-ring (bicyclic) bond motifs is 5. The summed E-state index contributed by atoms with van der Waals surface area (Å²) in [6.45, 7) is 0. The highest BCUT2D eigenvalue weighted by Crippen LogP contribution is 2.40. The molecular weight excluding hydrogens is 767 g/mol. The van der Waals surface area contributed by atoms with Crippen molar-refractivity contribution in [3.05, 3.63) is 241 Å². The molecule has 10 aromatic carbocycles. The van der Waals surface area contributed by atoms with E-state index in [1.165, 1.54) is 32.8 Å². The monoisotopic (exact) mass is 805 g/mol. The van der Waals surface area contributed by atoms with Crippen molar-refractivity contribution >= 4 is 55.2 Å². The quantitative estimate of drug-likeness (QED) is 0.174. The largest absolute Gasteiger partial charge is 0.456 e. The Hall–Kier alpha value is -8.34. The van der Waals surface area contributed by atoms with Crippen LogP contribution in [0, 0.1) is 0 Å². The number of aliphatic imine (C=N–C) groups is 2. The molecular formula is C59H39N3O. The maximum absolute atomic E-state index is 6.55. The van der Waals surface area contributed by atoms with Gasteiger partial charge in [-0.05, 0) is 102 Å². The van der Waals surface area contributed by atoms with E-state index >= 15 is 0 Å². The minimum Gasteiger partial charge on any atom is -0.456 e. The van der Waals surface area contributed by atoms with Crippen molar-refractivity contribution in [2.45, 2.75) is 6.17 Å². The molecule has 1 aromatic heterocycles. The number of benzene rings is 10. The first-order chi connectivity index (χ1) is 31.2. The van der Waals surface area contributed by atoms with Crippen LogP contribution in [0.1, 0.15) is 22.9 Å². The average molecular weight is 806 g/mol. The lowest BCUT2D eigenvalue weighted by Gasteiger charge is -2.25. The Morgan fingerprint density at radius 2 is 1.00 bits per heavy atom. The molecule has 4 heteroatoms. The van der Waals surface area contributed by atoms with Gasteiger partial charge in [0, 0.05) is 21.9 Å². The summed E-state index contributed by atoms with van der Waals surface area (Å²) in [5.41, 5.74) is 13.7. The molecule has 12 rings (SSSR count). The second-order valence-electron chi connectivity index (χ2n) is 16.2. The van der Waals surface area contributed by atoms with E-state index in [4.69, 9.17) is 14.4 Å². The minimum absolute atomic E-state index is 0.420. The van der Waals surface area contributed by atoms with Gasteiger partial charge in [-0.1, -0.05) is 194 Å². The summed E-state index contributed by atoms with van der Waals surface area (Å²) >= 11 is 0. The Kier molecular flexibility index (Phi) is 8.86. The zero-order chi connectivity index (χ0) is 41.7. The summed E-state index contributed by atoms with van der Waals surface area (Å²) < 4.78 is 6.55.